The molecule has 0 unspecified atom stereocenters. The Balaban J connectivity index is 0.000000211. The Morgan fingerprint density at radius 3 is 1.26 bits per heavy atom. The first-order chi connectivity index (χ1) is 17.9. The van der Waals surface area contributed by atoms with E-state index >= 15 is 0 Å². The van der Waals surface area contributed by atoms with Crippen molar-refractivity contribution in [3.8, 4) is 0 Å². The van der Waals surface area contributed by atoms with E-state index in [2.05, 4.69) is 76.1 Å². The zero-order valence-electron chi connectivity index (χ0n) is 24.1. The fourth-order valence-corrected chi connectivity index (χ4v) is 7.67. The van der Waals surface area contributed by atoms with E-state index in [4.69, 9.17) is 46.4 Å². The van der Waals surface area contributed by atoms with Crippen LogP contribution in [0.4, 0.5) is 0 Å². The van der Waals surface area contributed by atoms with Crippen molar-refractivity contribution >= 4 is 46.4 Å². The molecule has 0 aromatic heterocycles. The average molecular weight is 601 g/mol. The van der Waals surface area contributed by atoms with Crippen molar-refractivity contribution in [1.82, 2.24) is 9.80 Å². The van der Waals surface area contributed by atoms with E-state index in [0.717, 1.165) is 13.1 Å². The predicted molar refractivity (Wildman–Crippen MR) is 169 cm³/mol. The molecule has 0 amide bonds. The van der Waals surface area contributed by atoms with Gasteiger partial charge in [0.05, 0.1) is 20.1 Å². The Morgan fingerprint density at radius 1 is 0.605 bits per heavy atom. The normalized spacial score (nSPS) is 27.8. The first-order valence-corrected chi connectivity index (χ1v) is 15.6. The molecule has 2 saturated carbocycles. The van der Waals surface area contributed by atoms with Crippen LogP contribution in [0.3, 0.4) is 0 Å². The molecule has 4 rings (SSSR count). The van der Waals surface area contributed by atoms with Gasteiger partial charge in [0.25, 0.3) is 0 Å². The highest BCUT2D eigenvalue weighted by molar-refractivity contribution is 6.42. The Bertz CT molecular complexity index is 972. The number of hydrogen-bond donors (Lipinski definition) is 0. The lowest BCUT2D eigenvalue weighted by Gasteiger charge is -2.45. The van der Waals surface area contributed by atoms with Gasteiger partial charge in [-0.05, 0) is 101 Å². The van der Waals surface area contributed by atoms with Crippen LogP contribution in [-0.2, 0) is 10.8 Å². The molecule has 2 aromatic carbocycles. The van der Waals surface area contributed by atoms with Gasteiger partial charge in [-0.2, -0.15) is 0 Å². The average Bonchev–Trinajstić information content (AvgIpc) is 2.85. The molecular weight excluding hydrogens is 554 g/mol. The van der Waals surface area contributed by atoms with Crippen molar-refractivity contribution in [3.05, 3.63) is 67.6 Å². The first-order valence-electron chi connectivity index (χ1n) is 14.1. The minimum atomic E-state index is 0.218. The fourth-order valence-electron chi connectivity index (χ4n) is 7.08. The van der Waals surface area contributed by atoms with Gasteiger partial charge in [-0.15, -0.1) is 0 Å². The van der Waals surface area contributed by atoms with Gasteiger partial charge in [0.2, 0.25) is 0 Å². The van der Waals surface area contributed by atoms with Crippen molar-refractivity contribution in [2.24, 2.45) is 11.8 Å². The van der Waals surface area contributed by atoms with Crippen LogP contribution < -0.4 is 0 Å². The molecule has 38 heavy (non-hydrogen) atoms. The number of likely N-dealkylation sites (N-methyl/N-ethyl adjacent to an activating group) is 2. The summed E-state index contributed by atoms with van der Waals surface area (Å²) in [5.41, 5.74) is 3.14. The third-order valence-corrected chi connectivity index (χ3v) is 10.6. The number of hydrogen-bond acceptors (Lipinski definition) is 2. The summed E-state index contributed by atoms with van der Waals surface area (Å²) in [7, 11) is 8.61. The summed E-state index contributed by atoms with van der Waals surface area (Å²) >= 11 is 24.6. The molecule has 2 fully saturated rings. The van der Waals surface area contributed by atoms with Crippen molar-refractivity contribution in [1.29, 1.82) is 0 Å². The summed E-state index contributed by atoms with van der Waals surface area (Å²) in [5.74, 6) is 1.36. The molecule has 0 bridgehead atoms. The van der Waals surface area contributed by atoms with E-state index in [1.165, 1.54) is 62.5 Å². The minimum Gasteiger partial charge on any atom is -0.309 e. The molecule has 2 aliphatic carbocycles. The van der Waals surface area contributed by atoms with Gasteiger partial charge in [-0.1, -0.05) is 98.1 Å². The van der Waals surface area contributed by atoms with Crippen molar-refractivity contribution < 1.29 is 0 Å². The third kappa shape index (κ3) is 7.42. The Morgan fingerprint density at radius 2 is 0.974 bits per heavy atom. The maximum Gasteiger partial charge on any atom is 0.0595 e. The number of benzene rings is 2. The lowest BCUT2D eigenvalue weighted by Crippen LogP contribution is -2.44. The van der Waals surface area contributed by atoms with Crippen LogP contribution >= 0.6 is 46.4 Å². The van der Waals surface area contributed by atoms with Gasteiger partial charge in [-0.25, -0.2) is 0 Å². The van der Waals surface area contributed by atoms with Crippen LogP contribution in [0, 0.1) is 11.8 Å². The number of rotatable bonds is 6. The molecule has 2 aromatic rings. The Hall–Kier alpha value is -0.480. The summed E-state index contributed by atoms with van der Waals surface area (Å²) < 4.78 is 0. The summed E-state index contributed by atoms with van der Waals surface area (Å²) in [5, 5.41) is 2.65. The van der Waals surface area contributed by atoms with Gasteiger partial charge >= 0.3 is 0 Å². The van der Waals surface area contributed by atoms with E-state index in [1.807, 2.05) is 12.1 Å². The largest absolute Gasteiger partial charge is 0.309 e. The molecule has 0 N–H and O–H groups in total. The van der Waals surface area contributed by atoms with Gasteiger partial charge < -0.3 is 9.80 Å². The molecule has 212 valence electrons. The van der Waals surface area contributed by atoms with E-state index < -0.39 is 0 Å². The first kappa shape index (κ1) is 32.0. The van der Waals surface area contributed by atoms with Gasteiger partial charge in [0, 0.05) is 23.9 Å². The molecule has 2 nitrogen and oxygen atoms in total. The smallest absolute Gasteiger partial charge is 0.0595 e. The van der Waals surface area contributed by atoms with Crippen molar-refractivity contribution in [2.75, 3.05) is 41.3 Å². The van der Waals surface area contributed by atoms with Crippen LogP contribution in [0.15, 0.2) is 36.4 Å². The molecule has 0 aliphatic heterocycles. The highest BCUT2D eigenvalue weighted by Gasteiger charge is 2.41. The van der Waals surface area contributed by atoms with E-state index in [9.17, 15) is 0 Å². The minimum absolute atomic E-state index is 0.218. The SMILES string of the molecule is C[C@@H]1CCCC[C@@]1(CN(C)C)c1ccc(Cl)c(Cl)c1.C[C@H]1CCCC[C@]1(CN(C)C)c1ccc(Cl)c(Cl)c1. The Kier molecular flexibility index (Phi) is 11.7. The van der Waals surface area contributed by atoms with Gasteiger partial charge in [0.15, 0.2) is 0 Å². The molecular formula is C32H46Cl4N2. The van der Waals surface area contributed by atoms with E-state index in [0.29, 0.717) is 31.9 Å². The zero-order valence-corrected chi connectivity index (χ0v) is 27.1. The van der Waals surface area contributed by atoms with Gasteiger partial charge in [0.1, 0.15) is 0 Å². The van der Waals surface area contributed by atoms with Crippen molar-refractivity contribution in [3.63, 3.8) is 0 Å². The molecule has 4 atom stereocenters. The van der Waals surface area contributed by atoms with Gasteiger partial charge in [-0.3, -0.25) is 0 Å². The van der Waals surface area contributed by atoms with E-state index in [-0.39, 0.29) is 10.8 Å². The lowest BCUT2D eigenvalue weighted by molar-refractivity contribution is 0.151. The Labute approximate surface area is 252 Å². The maximum atomic E-state index is 6.23. The predicted octanol–water partition coefficient (Wildman–Crippen LogP) is 10.0. The monoisotopic (exact) mass is 598 g/mol. The standard InChI is InChI=1S/2C16H23Cl2N/c2*1-12-6-4-5-9-16(12,11-19(2)3)13-7-8-14(17)15(18)10-13/h2*7-8,10,12H,4-6,9,11H2,1-3H3/t2*12-,16+/m10/s1. The van der Waals surface area contributed by atoms with Crippen LogP contribution in [-0.4, -0.2) is 51.1 Å². The second-order valence-electron chi connectivity index (χ2n) is 12.3. The highest BCUT2D eigenvalue weighted by atomic mass is 35.5. The second kappa shape index (κ2) is 13.9. The summed E-state index contributed by atoms with van der Waals surface area (Å²) in [6.07, 6.45) is 10.4. The fraction of sp³-hybridized carbons (Fsp3) is 0.625. The molecule has 0 spiro atoms. The van der Waals surface area contributed by atoms with Crippen LogP contribution in [0.25, 0.3) is 0 Å². The van der Waals surface area contributed by atoms with Crippen LogP contribution in [0.5, 0.6) is 0 Å². The molecule has 6 heteroatoms. The molecule has 0 saturated heterocycles. The number of nitrogens with zero attached hydrogens (tertiary/aromatic N) is 2. The lowest BCUT2D eigenvalue weighted by atomic mass is 9.63. The van der Waals surface area contributed by atoms with E-state index in [1.54, 1.807) is 0 Å². The molecule has 0 radical (unpaired) electrons. The highest BCUT2D eigenvalue weighted by Crippen LogP contribution is 2.46. The number of halogens is 4. The van der Waals surface area contributed by atoms with Crippen molar-refractivity contribution in [2.45, 2.75) is 76.0 Å². The van der Waals surface area contributed by atoms with Crippen LogP contribution in [0.1, 0.15) is 76.3 Å². The summed E-state index contributed by atoms with van der Waals surface area (Å²) in [6, 6.07) is 12.4. The topological polar surface area (TPSA) is 6.48 Å². The second-order valence-corrected chi connectivity index (χ2v) is 14.0. The maximum absolute atomic E-state index is 6.23. The summed E-state index contributed by atoms with van der Waals surface area (Å²) in [6.45, 7) is 6.91. The third-order valence-electron chi connectivity index (χ3n) is 9.09. The molecule has 2 aliphatic rings. The zero-order chi connectivity index (χ0) is 28.1. The molecule has 0 heterocycles. The van der Waals surface area contributed by atoms with Crippen LogP contribution in [0.2, 0.25) is 20.1 Å². The summed E-state index contributed by atoms with van der Waals surface area (Å²) in [4.78, 5) is 4.59. The quantitative estimate of drug-likeness (QED) is 0.326.